The second-order valence-electron chi connectivity index (χ2n) is 5.86. The van der Waals surface area contributed by atoms with Gasteiger partial charge < -0.3 is 19.5 Å². The van der Waals surface area contributed by atoms with Gasteiger partial charge in [-0.1, -0.05) is 29.8 Å². The van der Waals surface area contributed by atoms with Crippen LogP contribution in [-0.2, 0) is 14.3 Å². The molecular weight excluding hydrogens is 382 g/mol. The molecule has 2 aromatic carbocycles. The van der Waals surface area contributed by atoms with E-state index in [1.165, 1.54) is 13.2 Å². The Labute approximate surface area is 169 Å². The average Bonchev–Trinajstić information content (AvgIpc) is 2.70. The van der Waals surface area contributed by atoms with Crippen molar-refractivity contribution in [3.8, 4) is 11.5 Å². The van der Waals surface area contributed by atoms with Crippen LogP contribution in [0, 0.1) is 0 Å². The van der Waals surface area contributed by atoms with Crippen LogP contribution in [0.5, 0.6) is 11.5 Å². The van der Waals surface area contributed by atoms with Crippen LogP contribution < -0.4 is 14.8 Å². The normalized spacial score (nSPS) is 11.7. The van der Waals surface area contributed by atoms with Crippen LogP contribution >= 0.6 is 11.6 Å². The molecule has 0 radical (unpaired) electrons. The van der Waals surface area contributed by atoms with Crippen LogP contribution in [0.15, 0.2) is 48.5 Å². The molecule has 0 heterocycles. The van der Waals surface area contributed by atoms with Gasteiger partial charge in [0.1, 0.15) is 11.5 Å². The van der Waals surface area contributed by atoms with Crippen LogP contribution in [0.2, 0.25) is 5.02 Å². The van der Waals surface area contributed by atoms with E-state index in [-0.39, 0.29) is 6.04 Å². The Balaban J connectivity index is 1.87. The molecule has 148 valence electrons. The molecule has 0 bridgehead atoms. The number of esters is 1. The van der Waals surface area contributed by atoms with Crippen molar-refractivity contribution in [1.82, 2.24) is 5.32 Å². The molecule has 1 atom stereocenters. The van der Waals surface area contributed by atoms with E-state index in [9.17, 15) is 9.59 Å². The molecule has 0 aliphatic heterocycles. The lowest BCUT2D eigenvalue weighted by molar-refractivity contribution is -0.144. The van der Waals surface area contributed by atoms with Crippen LogP contribution in [0.4, 0.5) is 0 Å². The van der Waals surface area contributed by atoms with Crippen molar-refractivity contribution in [2.24, 2.45) is 0 Å². The van der Waals surface area contributed by atoms with E-state index < -0.39 is 18.5 Å². The Morgan fingerprint density at radius 3 is 2.57 bits per heavy atom. The number of benzene rings is 2. The van der Waals surface area contributed by atoms with Gasteiger partial charge in [-0.3, -0.25) is 4.79 Å². The highest BCUT2D eigenvalue weighted by Gasteiger charge is 2.13. The summed E-state index contributed by atoms with van der Waals surface area (Å²) in [5, 5.41) is 3.30. The lowest BCUT2D eigenvalue weighted by atomic mass is 10.1. The highest BCUT2D eigenvalue weighted by molar-refractivity contribution is 6.31. The molecule has 0 unspecified atom stereocenters. The summed E-state index contributed by atoms with van der Waals surface area (Å²) in [5.74, 6) is 0.130. The third-order valence-electron chi connectivity index (χ3n) is 3.93. The van der Waals surface area contributed by atoms with Crippen LogP contribution in [0.1, 0.15) is 24.1 Å². The zero-order chi connectivity index (χ0) is 20.5. The maximum atomic E-state index is 12.0. The summed E-state index contributed by atoms with van der Waals surface area (Å²) in [5.41, 5.74) is 1.47. The van der Waals surface area contributed by atoms with Gasteiger partial charge in [0.05, 0.1) is 20.3 Å². The molecule has 1 N–H and O–H groups in total. The van der Waals surface area contributed by atoms with Crippen molar-refractivity contribution in [3.05, 3.63) is 64.7 Å². The first-order chi connectivity index (χ1) is 13.4. The van der Waals surface area contributed by atoms with Crippen LogP contribution in [0.3, 0.4) is 0 Å². The fourth-order valence-electron chi connectivity index (χ4n) is 2.49. The van der Waals surface area contributed by atoms with E-state index in [1.807, 2.05) is 18.2 Å². The first-order valence-electron chi connectivity index (χ1n) is 8.55. The third-order valence-corrected chi connectivity index (χ3v) is 4.28. The van der Waals surface area contributed by atoms with Gasteiger partial charge in [-0.05, 0) is 36.8 Å². The van der Waals surface area contributed by atoms with Gasteiger partial charge in [0.25, 0.3) is 5.91 Å². The number of carbonyl (C=O) groups is 2. The lowest BCUT2D eigenvalue weighted by Crippen LogP contribution is -2.31. The van der Waals surface area contributed by atoms with Crippen LogP contribution in [0.25, 0.3) is 6.08 Å². The highest BCUT2D eigenvalue weighted by atomic mass is 35.5. The molecular formula is C21H22ClNO5. The van der Waals surface area contributed by atoms with E-state index in [1.54, 1.807) is 44.4 Å². The van der Waals surface area contributed by atoms with E-state index in [0.29, 0.717) is 22.1 Å². The average molecular weight is 404 g/mol. The fraction of sp³-hybridized carbons (Fsp3) is 0.238. The number of hydrogen-bond donors (Lipinski definition) is 1. The highest BCUT2D eigenvalue weighted by Crippen LogP contribution is 2.25. The van der Waals surface area contributed by atoms with Gasteiger partial charge in [0, 0.05) is 22.7 Å². The number of rotatable bonds is 8. The Morgan fingerprint density at radius 2 is 1.89 bits per heavy atom. The molecule has 7 heteroatoms. The summed E-state index contributed by atoms with van der Waals surface area (Å²) in [6.45, 7) is 1.41. The van der Waals surface area contributed by atoms with Crippen LogP contribution in [-0.4, -0.2) is 32.7 Å². The van der Waals surface area contributed by atoms with E-state index in [2.05, 4.69) is 5.32 Å². The predicted molar refractivity (Wildman–Crippen MR) is 108 cm³/mol. The molecule has 0 saturated carbocycles. The number of nitrogens with one attached hydrogen (secondary N) is 1. The SMILES string of the molecule is COc1ccc(/C=C/C(=O)OCC(=O)N[C@@H](C)c2ccccc2Cl)c(OC)c1. The minimum absolute atomic E-state index is 0.306. The molecule has 6 nitrogen and oxygen atoms in total. The van der Waals surface area contributed by atoms with Gasteiger partial charge in [0.15, 0.2) is 6.61 Å². The predicted octanol–water partition coefficient (Wildman–Crippen LogP) is 3.79. The maximum absolute atomic E-state index is 12.0. The van der Waals surface area contributed by atoms with E-state index >= 15 is 0 Å². The smallest absolute Gasteiger partial charge is 0.331 e. The summed E-state index contributed by atoms with van der Waals surface area (Å²) >= 11 is 6.11. The Hall–Kier alpha value is -2.99. The molecule has 28 heavy (non-hydrogen) atoms. The number of halogens is 1. The second kappa shape index (κ2) is 10.4. The molecule has 0 aliphatic rings. The maximum Gasteiger partial charge on any atom is 0.331 e. The van der Waals surface area contributed by atoms with Crippen molar-refractivity contribution in [2.45, 2.75) is 13.0 Å². The fourth-order valence-corrected chi connectivity index (χ4v) is 2.79. The minimum atomic E-state index is -0.640. The Morgan fingerprint density at radius 1 is 1.14 bits per heavy atom. The Kier molecular flexibility index (Phi) is 7.89. The van der Waals surface area contributed by atoms with Crippen molar-refractivity contribution in [1.29, 1.82) is 0 Å². The zero-order valence-corrected chi connectivity index (χ0v) is 16.7. The summed E-state index contributed by atoms with van der Waals surface area (Å²) < 4.78 is 15.4. The van der Waals surface area contributed by atoms with Crippen molar-refractivity contribution in [3.63, 3.8) is 0 Å². The summed E-state index contributed by atoms with van der Waals surface area (Å²) in [6.07, 6.45) is 2.78. The van der Waals surface area contributed by atoms with Gasteiger partial charge in [-0.2, -0.15) is 0 Å². The van der Waals surface area contributed by atoms with E-state index in [0.717, 1.165) is 5.56 Å². The molecule has 2 rings (SSSR count). The van der Waals surface area contributed by atoms with Gasteiger partial charge in [-0.25, -0.2) is 4.79 Å². The summed E-state index contributed by atoms with van der Waals surface area (Å²) in [6, 6.07) is 12.1. The van der Waals surface area contributed by atoms with Crippen molar-refractivity contribution in [2.75, 3.05) is 20.8 Å². The van der Waals surface area contributed by atoms with E-state index in [4.69, 9.17) is 25.8 Å². The van der Waals surface area contributed by atoms with Crippen molar-refractivity contribution >= 4 is 29.6 Å². The minimum Gasteiger partial charge on any atom is -0.497 e. The molecule has 0 aliphatic carbocycles. The number of amides is 1. The molecule has 0 saturated heterocycles. The van der Waals surface area contributed by atoms with Gasteiger partial charge in [-0.15, -0.1) is 0 Å². The largest absolute Gasteiger partial charge is 0.497 e. The molecule has 1 amide bonds. The quantitative estimate of drug-likeness (QED) is 0.536. The summed E-state index contributed by atoms with van der Waals surface area (Å²) in [7, 11) is 3.08. The number of carbonyl (C=O) groups excluding carboxylic acids is 2. The standard InChI is InChI=1S/C21H22ClNO5/c1-14(17-6-4-5-7-18(17)22)23-20(24)13-28-21(25)11-9-15-8-10-16(26-2)12-19(15)27-3/h4-12,14H,13H2,1-3H3,(H,23,24)/b11-9+/t14-/m0/s1. The second-order valence-corrected chi connectivity index (χ2v) is 6.27. The van der Waals surface area contributed by atoms with Gasteiger partial charge >= 0.3 is 5.97 Å². The topological polar surface area (TPSA) is 73.9 Å². The molecule has 0 fully saturated rings. The monoisotopic (exact) mass is 403 g/mol. The first-order valence-corrected chi connectivity index (χ1v) is 8.93. The van der Waals surface area contributed by atoms with Crippen molar-refractivity contribution < 1.29 is 23.8 Å². The zero-order valence-electron chi connectivity index (χ0n) is 15.9. The third kappa shape index (κ3) is 6.03. The summed E-state index contributed by atoms with van der Waals surface area (Å²) in [4.78, 5) is 23.9. The number of hydrogen-bond acceptors (Lipinski definition) is 5. The van der Waals surface area contributed by atoms with Gasteiger partial charge in [0.2, 0.25) is 0 Å². The molecule has 2 aromatic rings. The lowest BCUT2D eigenvalue weighted by Gasteiger charge is -2.15. The Bertz CT molecular complexity index is 866. The molecule has 0 spiro atoms. The first kappa shape index (κ1) is 21.3. The molecule has 0 aromatic heterocycles. The number of methoxy groups -OCH3 is 2. The number of ether oxygens (including phenoxy) is 3.